The molecule has 8 nitrogen and oxygen atoms in total. The number of para-hydroxylation sites is 1. The summed E-state index contributed by atoms with van der Waals surface area (Å²) in [5.41, 5.74) is 14.1. The van der Waals surface area contributed by atoms with E-state index in [4.69, 9.17) is 15.3 Å². The van der Waals surface area contributed by atoms with Crippen LogP contribution in [0.3, 0.4) is 0 Å². The van der Waals surface area contributed by atoms with E-state index in [1.54, 1.807) is 0 Å². The first-order valence-electron chi connectivity index (χ1n) is 11.4. The molecule has 5 rings (SSSR count). The van der Waals surface area contributed by atoms with Gasteiger partial charge in [0.2, 0.25) is 0 Å². The van der Waals surface area contributed by atoms with Crippen LogP contribution in [0, 0.1) is 6.92 Å². The number of urea groups is 1. The van der Waals surface area contributed by atoms with E-state index in [1.807, 2.05) is 67.6 Å². The molecule has 2 amide bonds. The maximum atomic E-state index is 12.4. The monoisotopic (exact) mass is 459 g/mol. The first-order chi connectivity index (χ1) is 16.5. The molecule has 3 aromatic rings. The highest BCUT2D eigenvalue weighted by atomic mass is 16.7. The summed E-state index contributed by atoms with van der Waals surface area (Å²) in [6, 6.07) is 20.9. The molecule has 0 aliphatic carbocycles. The van der Waals surface area contributed by atoms with Gasteiger partial charge in [-0.15, -0.1) is 5.48 Å². The van der Waals surface area contributed by atoms with Gasteiger partial charge < -0.3 is 25.9 Å². The topological polar surface area (TPSA) is 101 Å². The lowest BCUT2D eigenvalue weighted by molar-refractivity contribution is 0.0336. The summed E-state index contributed by atoms with van der Waals surface area (Å²) in [5, 5.41) is 5.70. The Balaban J connectivity index is 1.29. The van der Waals surface area contributed by atoms with Gasteiger partial charge in [-0.3, -0.25) is 4.90 Å². The normalized spacial score (nSPS) is 19.8. The van der Waals surface area contributed by atoms with Gasteiger partial charge in [0.1, 0.15) is 0 Å². The number of aryl methyl sites for hydroxylation is 1. The molecule has 8 heteroatoms. The molecule has 0 bridgehead atoms. The van der Waals surface area contributed by atoms with Crippen LogP contribution < -0.4 is 26.7 Å². The largest absolute Gasteiger partial charge is 0.405 e. The molecule has 2 aliphatic rings. The van der Waals surface area contributed by atoms with Crippen LogP contribution in [0.1, 0.15) is 22.3 Å². The molecule has 5 N–H and O–H groups in total. The Morgan fingerprint density at radius 3 is 2.53 bits per heavy atom. The van der Waals surface area contributed by atoms with E-state index in [-0.39, 0.29) is 6.03 Å². The minimum absolute atomic E-state index is 0.304. The quantitative estimate of drug-likeness (QED) is 0.466. The van der Waals surface area contributed by atoms with Crippen molar-refractivity contribution >= 4 is 17.4 Å². The van der Waals surface area contributed by atoms with Crippen molar-refractivity contribution in [3.8, 4) is 5.75 Å². The summed E-state index contributed by atoms with van der Waals surface area (Å²) in [6.07, 6.45) is 0. The number of benzene rings is 3. The number of carbonyl (C=O) groups excluding carboxylic acids is 1. The van der Waals surface area contributed by atoms with E-state index in [0.29, 0.717) is 5.69 Å². The van der Waals surface area contributed by atoms with E-state index in [2.05, 4.69) is 27.1 Å². The number of anilines is 2. The predicted molar refractivity (Wildman–Crippen MR) is 132 cm³/mol. The molecule has 1 saturated heterocycles. The Bertz CT molecular complexity index is 1180. The number of hydrogen-bond acceptors (Lipinski definition) is 6. The van der Waals surface area contributed by atoms with Crippen LogP contribution in [0.4, 0.5) is 16.2 Å². The molecule has 0 aromatic heterocycles. The van der Waals surface area contributed by atoms with Gasteiger partial charge in [-0.05, 0) is 42.3 Å². The molecule has 1 atom stereocenters. The van der Waals surface area contributed by atoms with Gasteiger partial charge in [0.15, 0.2) is 11.4 Å². The number of nitrogens with one attached hydrogen (secondary N) is 3. The fraction of sp³-hybridized carbons (Fsp3) is 0.269. The molecule has 176 valence electrons. The Kier molecular flexibility index (Phi) is 6.21. The molecule has 34 heavy (non-hydrogen) atoms. The number of carbonyl (C=O) groups is 1. The van der Waals surface area contributed by atoms with E-state index >= 15 is 0 Å². The minimum Gasteiger partial charge on any atom is -0.405 e. The maximum absolute atomic E-state index is 12.4. The van der Waals surface area contributed by atoms with E-state index in [0.717, 1.165) is 66.5 Å². The smallest absolute Gasteiger partial charge is 0.323 e. The summed E-state index contributed by atoms with van der Waals surface area (Å²) in [4.78, 5) is 20.6. The third-order valence-electron chi connectivity index (χ3n) is 6.21. The zero-order valence-electron chi connectivity index (χ0n) is 19.1. The van der Waals surface area contributed by atoms with Crippen molar-refractivity contribution in [3.05, 3.63) is 89.0 Å². The van der Waals surface area contributed by atoms with E-state index in [1.165, 1.54) is 0 Å². The Morgan fingerprint density at radius 2 is 1.76 bits per heavy atom. The highest BCUT2D eigenvalue weighted by Crippen LogP contribution is 2.39. The van der Waals surface area contributed by atoms with Gasteiger partial charge in [-0.1, -0.05) is 42.5 Å². The van der Waals surface area contributed by atoms with Gasteiger partial charge in [0.05, 0.1) is 13.2 Å². The van der Waals surface area contributed by atoms with Crippen LogP contribution in [0.25, 0.3) is 0 Å². The van der Waals surface area contributed by atoms with E-state index < -0.39 is 5.66 Å². The zero-order chi connectivity index (χ0) is 23.5. The fourth-order valence-electron chi connectivity index (χ4n) is 4.37. The first-order valence-corrected chi connectivity index (χ1v) is 11.4. The van der Waals surface area contributed by atoms with Gasteiger partial charge in [0.25, 0.3) is 0 Å². The fourth-order valence-corrected chi connectivity index (χ4v) is 4.37. The van der Waals surface area contributed by atoms with Gasteiger partial charge in [0, 0.05) is 42.1 Å². The number of rotatable bonds is 5. The summed E-state index contributed by atoms with van der Waals surface area (Å²) in [6.45, 7) is 6.06. The van der Waals surface area contributed by atoms with E-state index in [9.17, 15) is 4.79 Å². The molecule has 1 fully saturated rings. The molecule has 3 aromatic carbocycles. The standard InChI is InChI=1S/C26H29N5O3/c1-18-4-2-6-22(16-18)29-25(32)28-21-10-8-20(9-11-21)26(27)23-7-3-5-19(24(23)34-30-26)17-31-12-14-33-15-13-31/h2-11,16,30H,12-15,17,27H2,1H3,(H2,28,29,32). The molecule has 0 spiro atoms. The van der Waals surface area contributed by atoms with Crippen molar-refractivity contribution in [2.24, 2.45) is 5.73 Å². The molecule has 0 saturated carbocycles. The maximum Gasteiger partial charge on any atom is 0.323 e. The number of morpholine rings is 1. The average Bonchev–Trinajstić information content (AvgIpc) is 3.19. The van der Waals surface area contributed by atoms with Crippen LogP contribution in [-0.2, 0) is 16.9 Å². The lowest BCUT2D eigenvalue weighted by atomic mass is 9.91. The lowest BCUT2D eigenvalue weighted by Crippen LogP contribution is -2.48. The van der Waals surface area contributed by atoms with Crippen molar-refractivity contribution in [1.29, 1.82) is 0 Å². The number of ether oxygens (including phenoxy) is 1. The number of fused-ring (bicyclic) bond motifs is 1. The SMILES string of the molecule is Cc1cccc(NC(=O)Nc2ccc(C3(N)NOc4c(CN5CCOCC5)cccc43)cc2)c1. The summed E-state index contributed by atoms with van der Waals surface area (Å²) in [7, 11) is 0. The van der Waals surface area contributed by atoms with Crippen molar-refractivity contribution in [2.45, 2.75) is 19.1 Å². The first kappa shape index (κ1) is 22.4. The summed E-state index contributed by atoms with van der Waals surface area (Å²) < 4.78 is 5.45. The van der Waals surface area contributed by atoms with Gasteiger partial charge in [-0.25, -0.2) is 4.79 Å². The third kappa shape index (κ3) is 4.62. The number of nitrogens with two attached hydrogens (primary N) is 1. The van der Waals surface area contributed by atoms with Crippen LogP contribution >= 0.6 is 0 Å². The van der Waals surface area contributed by atoms with Crippen LogP contribution in [0.15, 0.2) is 66.7 Å². The van der Waals surface area contributed by atoms with Crippen molar-refractivity contribution in [3.63, 3.8) is 0 Å². The van der Waals surface area contributed by atoms with Crippen molar-refractivity contribution < 1.29 is 14.4 Å². The molecule has 1 unspecified atom stereocenters. The summed E-state index contributed by atoms with van der Waals surface area (Å²) in [5.74, 6) is 0.774. The van der Waals surface area contributed by atoms with Gasteiger partial charge >= 0.3 is 6.03 Å². The van der Waals surface area contributed by atoms with Crippen LogP contribution in [0.2, 0.25) is 0 Å². The highest BCUT2D eigenvalue weighted by Gasteiger charge is 2.40. The van der Waals surface area contributed by atoms with Crippen LogP contribution in [-0.4, -0.2) is 37.2 Å². The average molecular weight is 460 g/mol. The minimum atomic E-state index is -0.987. The second-order valence-electron chi connectivity index (χ2n) is 8.72. The van der Waals surface area contributed by atoms with Gasteiger partial charge in [-0.2, -0.15) is 0 Å². The zero-order valence-corrected chi connectivity index (χ0v) is 19.1. The second kappa shape index (κ2) is 9.44. The molecule has 2 aliphatic heterocycles. The second-order valence-corrected chi connectivity index (χ2v) is 8.72. The summed E-state index contributed by atoms with van der Waals surface area (Å²) >= 11 is 0. The predicted octanol–water partition coefficient (Wildman–Crippen LogP) is 3.53. The lowest BCUT2D eigenvalue weighted by Gasteiger charge is -2.27. The Hall–Kier alpha value is -3.43. The molecule has 0 radical (unpaired) electrons. The molecular formula is C26H29N5O3. The number of hydroxylamine groups is 1. The van der Waals surface area contributed by atoms with Crippen LogP contribution in [0.5, 0.6) is 5.75 Å². The Morgan fingerprint density at radius 1 is 1.03 bits per heavy atom. The molecular weight excluding hydrogens is 430 g/mol. The number of hydrogen-bond donors (Lipinski definition) is 4. The van der Waals surface area contributed by atoms with Crippen molar-refractivity contribution in [2.75, 3.05) is 36.9 Å². The van der Waals surface area contributed by atoms with Crippen molar-refractivity contribution in [1.82, 2.24) is 10.4 Å². The molecule has 2 heterocycles. The third-order valence-corrected chi connectivity index (χ3v) is 6.21. The Labute approximate surface area is 199 Å². The number of amides is 2. The number of nitrogens with zero attached hydrogens (tertiary/aromatic N) is 1. The highest BCUT2D eigenvalue weighted by molar-refractivity contribution is 5.99.